The normalized spacial score (nSPS) is 13.0. The van der Waals surface area contributed by atoms with Crippen molar-refractivity contribution < 1.29 is 22.3 Å². The molecule has 0 radical (unpaired) electrons. The van der Waals surface area contributed by atoms with Crippen LogP contribution < -0.4 is 4.72 Å². The van der Waals surface area contributed by atoms with Crippen LogP contribution in [0.25, 0.3) is 0 Å². The van der Waals surface area contributed by atoms with Gasteiger partial charge in [0, 0.05) is 12.6 Å². The van der Waals surface area contributed by atoms with Gasteiger partial charge in [0.15, 0.2) is 0 Å². The van der Waals surface area contributed by atoms with Gasteiger partial charge in [-0.1, -0.05) is 30.3 Å². The molecule has 0 bridgehead atoms. The third-order valence-electron chi connectivity index (χ3n) is 3.04. The van der Waals surface area contributed by atoms with E-state index >= 15 is 0 Å². The van der Waals surface area contributed by atoms with E-state index < -0.39 is 32.7 Å². The van der Waals surface area contributed by atoms with Crippen LogP contribution in [-0.4, -0.2) is 20.1 Å². The van der Waals surface area contributed by atoms with Crippen LogP contribution in [-0.2, 0) is 10.0 Å². The predicted molar refractivity (Wildman–Crippen MR) is 77.6 cm³/mol. The van der Waals surface area contributed by atoms with Gasteiger partial charge in [0.25, 0.3) is 0 Å². The summed E-state index contributed by atoms with van der Waals surface area (Å²) in [6.07, 6.45) is -0.686. The first-order chi connectivity index (χ1) is 10.4. The van der Waals surface area contributed by atoms with E-state index in [0.717, 1.165) is 12.1 Å². The fourth-order valence-electron chi connectivity index (χ4n) is 1.94. The Morgan fingerprint density at radius 1 is 1.05 bits per heavy atom. The Bertz CT molecular complexity index is 715. The van der Waals surface area contributed by atoms with E-state index in [1.54, 1.807) is 30.3 Å². The molecule has 0 fully saturated rings. The number of nitrogens with one attached hydrogen (secondary N) is 1. The molecule has 0 amide bonds. The summed E-state index contributed by atoms with van der Waals surface area (Å²) in [5.74, 6) is -1.94. The Balaban J connectivity index is 1.98. The summed E-state index contributed by atoms with van der Waals surface area (Å²) in [4.78, 5) is -0.487. The number of hydrogen-bond donors (Lipinski definition) is 2. The highest BCUT2D eigenvalue weighted by Crippen LogP contribution is 2.17. The Morgan fingerprint density at radius 3 is 2.23 bits per heavy atom. The third-order valence-corrected chi connectivity index (χ3v) is 4.48. The van der Waals surface area contributed by atoms with Gasteiger partial charge in [-0.25, -0.2) is 21.9 Å². The quantitative estimate of drug-likeness (QED) is 0.856. The fraction of sp³-hybridized carbons (Fsp3) is 0.200. The topological polar surface area (TPSA) is 66.4 Å². The third kappa shape index (κ3) is 4.33. The number of rotatable bonds is 6. The molecule has 4 nitrogen and oxygen atoms in total. The van der Waals surface area contributed by atoms with Gasteiger partial charge in [-0.2, -0.15) is 0 Å². The smallest absolute Gasteiger partial charge is 0.240 e. The van der Waals surface area contributed by atoms with Gasteiger partial charge in [-0.05, 0) is 24.1 Å². The van der Waals surface area contributed by atoms with Crippen molar-refractivity contribution in [1.29, 1.82) is 0 Å². The highest BCUT2D eigenvalue weighted by Gasteiger charge is 2.17. The molecule has 2 rings (SSSR count). The molecule has 2 aromatic rings. The lowest BCUT2D eigenvalue weighted by molar-refractivity contribution is 0.169. The van der Waals surface area contributed by atoms with Crippen LogP contribution in [0, 0.1) is 11.6 Å². The first-order valence-electron chi connectivity index (χ1n) is 6.57. The molecule has 118 valence electrons. The van der Waals surface area contributed by atoms with E-state index in [9.17, 15) is 22.3 Å². The van der Waals surface area contributed by atoms with Crippen molar-refractivity contribution in [2.75, 3.05) is 6.54 Å². The minimum Gasteiger partial charge on any atom is -0.388 e. The number of aliphatic hydroxyl groups is 1. The number of benzene rings is 2. The van der Waals surface area contributed by atoms with Crippen molar-refractivity contribution >= 4 is 10.0 Å². The second-order valence-electron chi connectivity index (χ2n) is 4.72. The van der Waals surface area contributed by atoms with E-state index in [1.165, 1.54) is 0 Å². The molecule has 1 unspecified atom stereocenters. The summed E-state index contributed by atoms with van der Waals surface area (Å²) >= 11 is 0. The van der Waals surface area contributed by atoms with E-state index in [-0.39, 0.29) is 13.0 Å². The molecule has 0 spiro atoms. The maximum atomic E-state index is 13.1. The van der Waals surface area contributed by atoms with Crippen molar-refractivity contribution in [2.24, 2.45) is 0 Å². The summed E-state index contributed by atoms with van der Waals surface area (Å²) in [6.45, 7) is -0.0590. The standard InChI is InChI=1S/C15H15F2NO3S/c16-12-8-13(17)10-14(9-12)22(20,21)18-7-6-15(19)11-4-2-1-3-5-11/h1-5,8-10,15,18-19H,6-7H2. The van der Waals surface area contributed by atoms with Crippen LogP contribution in [0.4, 0.5) is 8.78 Å². The predicted octanol–water partition coefficient (Wildman–Crippen LogP) is 2.37. The van der Waals surface area contributed by atoms with Gasteiger partial charge in [0.05, 0.1) is 11.0 Å². The number of aliphatic hydroxyl groups excluding tert-OH is 1. The molecule has 22 heavy (non-hydrogen) atoms. The molecule has 0 heterocycles. The average Bonchev–Trinajstić information content (AvgIpc) is 2.47. The Kier molecular flexibility index (Phi) is 5.23. The molecule has 0 aliphatic heterocycles. The van der Waals surface area contributed by atoms with Crippen LogP contribution in [0.1, 0.15) is 18.1 Å². The van der Waals surface area contributed by atoms with Gasteiger partial charge in [0.1, 0.15) is 11.6 Å². The van der Waals surface area contributed by atoms with Crippen LogP contribution in [0.15, 0.2) is 53.4 Å². The zero-order valence-corrected chi connectivity index (χ0v) is 12.4. The zero-order chi connectivity index (χ0) is 16.2. The molecule has 0 aliphatic rings. The summed E-state index contributed by atoms with van der Waals surface area (Å²) < 4.78 is 52.2. The molecule has 0 aliphatic carbocycles. The molecule has 0 aromatic heterocycles. The minimum absolute atomic E-state index is 0.0590. The van der Waals surface area contributed by atoms with E-state index in [2.05, 4.69) is 4.72 Å². The lowest BCUT2D eigenvalue weighted by atomic mass is 10.1. The van der Waals surface area contributed by atoms with Crippen molar-refractivity contribution in [1.82, 2.24) is 4.72 Å². The van der Waals surface area contributed by atoms with Crippen molar-refractivity contribution in [2.45, 2.75) is 17.4 Å². The highest BCUT2D eigenvalue weighted by molar-refractivity contribution is 7.89. The lowest BCUT2D eigenvalue weighted by Gasteiger charge is -2.12. The minimum atomic E-state index is -4.02. The van der Waals surface area contributed by atoms with Gasteiger partial charge in [0.2, 0.25) is 10.0 Å². The van der Waals surface area contributed by atoms with E-state index in [1.807, 2.05) is 0 Å². The molecule has 0 saturated heterocycles. The highest BCUT2D eigenvalue weighted by atomic mass is 32.2. The maximum Gasteiger partial charge on any atom is 0.240 e. The molecular formula is C15H15F2NO3S. The second kappa shape index (κ2) is 6.95. The van der Waals surface area contributed by atoms with Crippen molar-refractivity contribution in [3.8, 4) is 0 Å². The number of sulfonamides is 1. The Hall–Kier alpha value is -1.83. The van der Waals surface area contributed by atoms with Crippen LogP contribution in [0.5, 0.6) is 0 Å². The van der Waals surface area contributed by atoms with E-state index in [0.29, 0.717) is 11.6 Å². The molecule has 2 aromatic carbocycles. The van der Waals surface area contributed by atoms with Crippen molar-refractivity contribution in [3.63, 3.8) is 0 Å². The molecular weight excluding hydrogens is 312 g/mol. The van der Waals surface area contributed by atoms with Gasteiger partial charge >= 0.3 is 0 Å². The molecule has 7 heteroatoms. The summed E-state index contributed by atoms with van der Waals surface area (Å²) in [5, 5.41) is 9.92. The first-order valence-corrected chi connectivity index (χ1v) is 8.05. The first kappa shape index (κ1) is 16.5. The largest absolute Gasteiger partial charge is 0.388 e. The molecule has 1 atom stereocenters. The molecule has 2 N–H and O–H groups in total. The van der Waals surface area contributed by atoms with Gasteiger partial charge in [-0.15, -0.1) is 0 Å². The van der Waals surface area contributed by atoms with Crippen LogP contribution in [0.3, 0.4) is 0 Å². The Morgan fingerprint density at radius 2 is 1.64 bits per heavy atom. The summed E-state index contributed by atoms with van der Waals surface area (Å²) in [6, 6.07) is 10.8. The van der Waals surface area contributed by atoms with Crippen LogP contribution >= 0.6 is 0 Å². The van der Waals surface area contributed by atoms with E-state index in [4.69, 9.17) is 0 Å². The monoisotopic (exact) mass is 327 g/mol. The fourth-order valence-corrected chi connectivity index (χ4v) is 3.03. The number of hydrogen-bond acceptors (Lipinski definition) is 3. The average molecular weight is 327 g/mol. The Labute approximate surface area is 127 Å². The van der Waals surface area contributed by atoms with Gasteiger partial charge < -0.3 is 5.11 Å². The SMILES string of the molecule is O=S(=O)(NCCC(O)c1ccccc1)c1cc(F)cc(F)c1. The van der Waals surface area contributed by atoms with Crippen LogP contribution in [0.2, 0.25) is 0 Å². The van der Waals surface area contributed by atoms with Gasteiger partial charge in [-0.3, -0.25) is 0 Å². The van der Waals surface area contributed by atoms with Crippen molar-refractivity contribution in [3.05, 3.63) is 65.7 Å². The second-order valence-corrected chi connectivity index (χ2v) is 6.49. The number of halogens is 2. The zero-order valence-electron chi connectivity index (χ0n) is 11.5. The molecule has 0 saturated carbocycles. The summed E-state index contributed by atoms with van der Waals surface area (Å²) in [5.41, 5.74) is 0.665. The maximum absolute atomic E-state index is 13.1. The lowest BCUT2D eigenvalue weighted by Crippen LogP contribution is -2.26. The summed E-state index contributed by atoms with van der Waals surface area (Å²) in [7, 11) is -4.02.